The summed E-state index contributed by atoms with van der Waals surface area (Å²) in [4.78, 5) is 63.6. The number of nitrogens with zero attached hydrogens (tertiary/aromatic N) is 2. The molecular formula is C22H28BN3O10. The summed E-state index contributed by atoms with van der Waals surface area (Å²) in [6, 6.07) is -0.965. The van der Waals surface area contributed by atoms with Crippen LogP contribution >= 0.6 is 0 Å². The fraction of sp³-hybridized carbons (Fsp3) is 0.500. The zero-order valence-corrected chi connectivity index (χ0v) is 20.1. The van der Waals surface area contributed by atoms with Gasteiger partial charge in [0.15, 0.2) is 5.78 Å². The van der Waals surface area contributed by atoms with Crippen LogP contribution in [0.2, 0.25) is 5.82 Å². The Labute approximate surface area is 206 Å². The van der Waals surface area contributed by atoms with Crippen molar-refractivity contribution >= 4 is 36.7 Å². The van der Waals surface area contributed by atoms with Crippen molar-refractivity contribution in [3.63, 3.8) is 0 Å². The molecule has 0 spiro atoms. The monoisotopic (exact) mass is 505 g/mol. The average Bonchev–Trinajstić information content (AvgIpc) is 2.80. The van der Waals surface area contributed by atoms with E-state index in [9.17, 15) is 44.3 Å². The minimum Gasteiger partial charge on any atom is -0.535 e. The van der Waals surface area contributed by atoms with Crippen LogP contribution in [-0.4, -0.2) is 98.6 Å². The number of aromatic carboxylic acids is 1. The number of carboxylic acids is 1. The van der Waals surface area contributed by atoms with E-state index in [0.29, 0.717) is 17.0 Å². The number of rotatable bonds is 7. The van der Waals surface area contributed by atoms with Gasteiger partial charge in [0.1, 0.15) is 23.1 Å². The summed E-state index contributed by atoms with van der Waals surface area (Å²) in [6.45, 7) is 4.82. The first-order valence-corrected chi connectivity index (χ1v) is 11.4. The van der Waals surface area contributed by atoms with Crippen LogP contribution in [0, 0.1) is 6.92 Å². The maximum Gasteiger partial charge on any atom is 0.526 e. The smallest absolute Gasteiger partial charge is 0.526 e. The summed E-state index contributed by atoms with van der Waals surface area (Å²) < 4.78 is 5.35. The number of nitrogens with one attached hydrogen (secondary N) is 1. The first kappa shape index (κ1) is 27.0. The lowest BCUT2D eigenvalue weighted by Gasteiger charge is -2.33. The molecule has 2 aliphatic rings. The van der Waals surface area contributed by atoms with Crippen LogP contribution in [0.1, 0.15) is 41.8 Å². The van der Waals surface area contributed by atoms with E-state index in [4.69, 9.17) is 4.65 Å². The zero-order chi connectivity index (χ0) is 26.9. The van der Waals surface area contributed by atoms with E-state index in [2.05, 4.69) is 5.32 Å². The molecule has 5 N–H and O–H groups in total. The van der Waals surface area contributed by atoms with Gasteiger partial charge in [-0.1, -0.05) is 0 Å². The van der Waals surface area contributed by atoms with Gasteiger partial charge in [-0.25, -0.2) is 9.59 Å². The van der Waals surface area contributed by atoms with Crippen LogP contribution in [0.5, 0.6) is 11.5 Å². The van der Waals surface area contributed by atoms with E-state index in [0.717, 1.165) is 0 Å². The summed E-state index contributed by atoms with van der Waals surface area (Å²) in [6.07, 6.45) is -1.71. The number of benzene rings is 1. The minimum absolute atomic E-state index is 0.0239. The lowest BCUT2D eigenvalue weighted by atomic mass is 9.64. The highest BCUT2D eigenvalue weighted by atomic mass is 16.5. The van der Waals surface area contributed by atoms with Gasteiger partial charge in [0.25, 0.3) is 0 Å². The summed E-state index contributed by atoms with van der Waals surface area (Å²) in [5.41, 5.74) is 0.138. The number of aliphatic hydroxyl groups excluding tert-OH is 1. The van der Waals surface area contributed by atoms with Gasteiger partial charge in [0, 0.05) is 31.9 Å². The molecule has 194 valence electrons. The molecule has 4 amide bonds. The van der Waals surface area contributed by atoms with E-state index < -0.39 is 66.0 Å². The van der Waals surface area contributed by atoms with Gasteiger partial charge in [0.2, 0.25) is 0 Å². The fourth-order valence-corrected chi connectivity index (χ4v) is 4.35. The number of carboxylic acid groups (broad SMARTS) is 1. The van der Waals surface area contributed by atoms with Crippen LogP contribution in [0.4, 0.5) is 4.79 Å². The number of amides is 4. The van der Waals surface area contributed by atoms with Crippen LogP contribution in [0.25, 0.3) is 0 Å². The molecule has 36 heavy (non-hydrogen) atoms. The number of carbonyl (C=O) groups excluding carboxylic acids is 4. The van der Waals surface area contributed by atoms with E-state index in [1.54, 1.807) is 6.92 Å². The number of Topliss-reactive ketones (excluding diaryl/α,β-unsaturated/α-hetero) is 1. The lowest BCUT2D eigenvalue weighted by molar-refractivity contribution is -0.153. The summed E-state index contributed by atoms with van der Waals surface area (Å²) >= 11 is 0. The van der Waals surface area contributed by atoms with E-state index in [1.165, 1.54) is 24.8 Å². The SMILES string of the molecule is CCN1CCN(C(=O)N[C@@H](C(=O)C[C@H]2Cc3cc(C)c(O)c(C(=O)O)c3OB2O)[C@H](C)O)C(=O)C1=O. The Kier molecular flexibility index (Phi) is 7.89. The van der Waals surface area contributed by atoms with Crippen LogP contribution in [0.15, 0.2) is 6.07 Å². The highest BCUT2D eigenvalue weighted by Crippen LogP contribution is 2.41. The summed E-state index contributed by atoms with van der Waals surface area (Å²) in [7, 11) is -1.60. The molecule has 0 aromatic heterocycles. The first-order chi connectivity index (χ1) is 16.9. The van der Waals surface area contributed by atoms with E-state index >= 15 is 0 Å². The lowest BCUT2D eigenvalue weighted by Crippen LogP contribution is -2.61. The molecule has 3 atom stereocenters. The number of ketones is 1. The molecule has 14 heteroatoms. The van der Waals surface area contributed by atoms with Crippen molar-refractivity contribution in [1.82, 2.24) is 15.1 Å². The Bertz CT molecular complexity index is 1110. The van der Waals surface area contributed by atoms with Crippen molar-refractivity contribution < 1.29 is 49.0 Å². The second-order valence-electron chi connectivity index (χ2n) is 8.86. The minimum atomic E-state index is -1.60. The van der Waals surface area contributed by atoms with Gasteiger partial charge in [-0.3, -0.25) is 19.3 Å². The summed E-state index contributed by atoms with van der Waals surface area (Å²) in [5.74, 6) is -5.55. The van der Waals surface area contributed by atoms with Crippen LogP contribution in [-0.2, 0) is 20.8 Å². The molecule has 2 aliphatic heterocycles. The van der Waals surface area contributed by atoms with Gasteiger partial charge in [0.05, 0.1) is 6.10 Å². The predicted molar refractivity (Wildman–Crippen MR) is 123 cm³/mol. The van der Waals surface area contributed by atoms with Crippen molar-refractivity contribution in [3.8, 4) is 11.5 Å². The number of fused-ring (bicyclic) bond motifs is 1. The number of urea groups is 1. The number of piperazine rings is 1. The quantitative estimate of drug-likeness (QED) is 0.234. The zero-order valence-electron chi connectivity index (χ0n) is 20.1. The molecule has 1 saturated heterocycles. The van der Waals surface area contributed by atoms with Gasteiger partial charge in [-0.2, -0.15) is 0 Å². The molecule has 1 aromatic carbocycles. The first-order valence-electron chi connectivity index (χ1n) is 11.4. The molecule has 0 aliphatic carbocycles. The third-order valence-corrected chi connectivity index (χ3v) is 6.36. The maximum atomic E-state index is 13.0. The van der Waals surface area contributed by atoms with Crippen LogP contribution in [0.3, 0.4) is 0 Å². The number of aryl methyl sites for hydroxylation is 1. The van der Waals surface area contributed by atoms with E-state index in [-0.39, 0.29) is 37.2 Å². The third-order valence-electron chi connectivity index (χ3n) is 6.36. The largest absolute Gasteiger partial charge is 0.535 e. The number of aliphatic hydroxyl groups is 1. The number of hydrogen-bond acceptors (Lipinski definition) is 9. The second kappa shape index (κ2) is 10.5. The number of aromatic hydroxyl groups is 1. The standard InChI is InChI=1S/C22H28BN3O10/c1-4-25-5-6-26(20(31)19(25)30)22(34)24-16(11(3)27)14(28)9-13-8-12-7-10(2)17(29)15(21(32)33)18(12)36-23(13)35/h7,11,13,16,27,29,35H,4-6,8-9H2,1-3H3,(H,24,34)(H,32,33)/t11-,13+,16+/m0/s1. The van der Waals surface area contributed by atoms with Crippen molar-refractivity contribution in [1.29, 1.82) is 0 Å². The average molecular weight is 505 g/mol. The number of hydrogen-bond donors (Lipinski definition) is 5. The Morgan fingerprint density at radius 1 is 1.25 bits per heavy atom. The predicted octanol–water partition coefficient (Wildman–Crippen LogP) is -0.707. The second-order valence-corrected chi connectivity index (χ2v) is 8.86. The highest BCUT2D eigenvalue weighted by molar-refractivity contribution is 6.47. The number of phenols is 1. The fourth-order valence-electron chi connectivity index (χ4n) is 4.35. The van der Waals surface area contributed by atoms with Gasteiger partial charge in [-0.05, 0) is 44.4 Å². The van der Waals surface area contributed by atoms with Crippen molar-refractivity contribution in [2.24, 2.45) is 0 Å². The van der Waals surface area contributed by atoms with Crippen molar-refractivity contribution in [2.75, 3.05) is 19.6 Å². The molecule has 0 bridgehead atoms. The summed E-state index contributed by atoms with van der Waals surface area (Å²) in [5, 5.41) is 42.4. The Morgan fingerprint density at radius 3 is 2.50 bits per heavy atom. The van der Waals surface area contributed by atoms with E-state index in [1.807, 2.05) is 0 Å². The normalized spacial score (nSPS) is 19.4. The number of likely N-dealkylation sites (N-methyl/N-ethyl adjacent to an activating group) is 1. The molecule has 2 heterocycles. The molecule has 0 radical (unpaired) electrons. The topological polar surface area (TPSA) is 194 Å². The van der Waals surface area contributed by atoms with Crippen molar-refractivity contribution in [3.05, 3.63) is 22.8 Å². The van der Waals surface area contributed by atoms with Gasteiger partial charge >= 0.3 is 30.9 Å². The Morgan fingerprint density at radius 2 is 1.92 bits per heavy atom. The highest BCUT2D eigenvalue weighted by Gasteiger charge is 2.42. The van der Waals surface area contributed by atoms with Crippen molar-refractivity contribution in [2.45, 2.75) is 51.6 Å². The molecular weight excluding hydrogens is 477 g/mol. The maximum absolute atomic E-state index is 13.0. The Hall–Kier alpha value is -3.65. The molecule has 3 rings (SSSR count). The molecule has 1 fully saturated rings. The Balaban J connectivity index is 1.74. The molecule has 13 nitrogen and oxygen atoms in total. The molecule has 0 unspecified atom stereocenters. The third kappa shape index (κ3) is 5.14. The van der Waals surface area contributed by atoms with Crippen LogP contribution < -0.4 is 9.97 Å². The van der Waals surface area contributed by atoms with Gasteiger partial charge < -0.3 is 35.2 Å². The van der Waals surface area contributed by atoms with Gasteiger partial charge in [-0.15, -0.1) is 0 Å². The number of carbonyl (C=O) groups is 5. The molecule has 0 saturated carbocycles. The molecule has 1 aromatic rings. The number of imide groups is 1.